The summed E-state index contributed by atoms with van der Waals surface area (Å²) in [4.78, 5) is 25.3. The summed E-state index contributed by atoms with van der Waals surface area (Å²) in [6.07, 6.45) is 2.37. The SMILES string of the molecule is CN(C)C(=O)Cc1ccc(NC(=O)[C@H]2CCCNC2)cc1. The van der Waals surface area contributed by atoms with Crippen LogP contribution in [0.4, 0.5) is 5.69 Å². The number of likely N-dealkylation sites (N-methyl/N-ethyl adjacent to an activating group) is 1. The largest absolute Gasteiger partial charge is 0.349 e. The lowest BCUT2D eigenvalue weighted by atomic mass is 9.99. The summed E-state index contributed by atoms with van der Waals surface area (Å²) in [7, 11) is 3.49. The zero-order valence-corrected chi connectivity index (χ0v) is 12.7. The lowest BCUT2D eigenvalue weighted by Crippen LogP contribution is -2.37. The quantitative estimate of drug-likeness (QED) is 0.877. The summed E-state index contributed by atoms with van der Waals surface area (Å²) >= 11 is 0. The molecule has 1 fully saturated rings. The average molecular weight is 289 g/mol. The van der Waals surface area contributed by atoms with Gasteiger partial charge in [0.25, 0.3) is 0 Å². The third-order valence-corrected chi connectivity index (χ3v) is 3.74. The maximum atomic E-state index is 12.1. The molecule has 1 heterocycles. The van der Waals surface area contributed by atoms with Crippen LogP contribution < -0.4 is 10.6 Å². The average Bonchev–Trinajstić information content (AvgIpc) is 2.50. The fourth-order valence-electron chi connectivity index (χ4n) is 2.36. The topological polar surface area (TPSA) is 61.4 Å². The molecule has 0 unspecified atom stereocenters. The third-order valence-electron chi connectivity index (χ3n) is 3.74. The molecule has 1 aliphatic rings. The van der Waals surface area contributed by atoms with Gasteiger partial charge in [-0.1, -0.05) is 12.1 Å². The number of piperidine rings is 1. The van der Waals surface area contributed by atoms with Crippen LogP contribution in [-0.4, -0.2) is 43.9 Å². The molecule has 0 aliphatic carbocycles. The molecule has 0 aromatic heterocycles. The summed E-state index contributed by atoms with van der Waals surface area (Å²) in [5.74, 6) is 0.188. The van der Waals surface area contributed by atoms with Crippen molar-refractivity contribution in [3.05, 3.63) is 29.8 Å². The Hall–Kier alpha value is -1.88. The Kier molecular flexibility index (Phi) is 5.33. The Bertz CT molecular complexity index is 491. The maximum Gasteiger partial charge on any atom is 0.228 e. The van der Waals surface area contributed by atoms with Crippen LogP contribution in [0.5, 0.6) is 0 Å². The van der Waals surface area contributed by atoms with Crippen molar-refractivity contribution in [2.24, 2.45) is 5.92 Å². The van der Waals surface area contributed by atoms with E-state index in [0.29, 0.717) is 6.42 Å². The summed E-state index contributed by atoms with van der Waals surface area (Å²) < 4.78 is 0. The lowest BCUT2D eigenvalue weighted by molar-refractivity contribution is -0.128. The van der Waals surface area contributed by atoms with Crippen molar-refractivity contribution in [1.82, 2.24) is 10.2 Å². The fourth-order valence-corrected chi connectivity index (χ4v) is 2.36. The molecule has 5 nitrogen and oxygen atoms in total. The zero-order valence-electron chi connectivity index (χ0n) is 12.7. The molecule has 21 heavy (non-hydrogen) atoms. The first-order valence-corrected chi connectivity index (χ1v) is 7.37. The maximum absolute atomic E-state index is 12.1. The first kappa shape index (κ1) is 15.5. The van der Waals surface area contributed by atoms with Gasteiger partial charge < -0.3 is 15.5 Å². The third kappa shape index (κ3) is 4.56. The molecule has 2 amide bonds. The molecule has 1 aliphatic heterocycles. The minimum absolute atomic E-state index is 0.0498. The smallest absolute Gasteiger partial charge is 0.228 e. The molecule has 0 bridgehead atoms. The van der Waals surface area contributed by atoms with E-state index in [2.05, 4.69) is 10.6 Å². The van der Waals surface area contributed by atoms with Crippen molar-refractivity contribution in [3.63, 3.8) is 0 Å². The predicted molar refractivity (Wildman–Crippen MR) is 83.1 cm³/mol. The number of rotatable bonds is 4. The Morgan fingerprint density at radius 3 is 2.57 bits per heavy atom. The Morgan fingerprint density at radius 2 is 2.00 bits per heavy atom. The zero-order chi connectivity index (χ0) is 15.2. The van der Waals surface area contributed by atoms with Crippen molar-refractivity contribution in [1.29, 1.82) is 0 Å². The first-order valence-electron chi connectivity index (χ1n) is 7.37. The normalized spacial score (nSPS) is 18.1. The highest BCUT2D eigenvalue weighted by molar-refractivity contribution is 5.92. The van der Waals surface area contributed by atoms with Gasteiger partial charge in [0.05, 0.1) is 12.3 Å². The van der Waals surface area contributed by atoms with Crippen LogP contribution in [0.15, 0.2) is 24.3 Å². The minimum atomic E-state index is 0.0498. The molecule has 1 atom stereocenters. The van der Waals surface area contributed by atoms with Crippen LogP contribution >= 0.6 is 0 Å². The van der Waals surface area contributed by atoms with Crippen LogP contribution in [0.3, 0.4) is 0 Å². The van der Waals surface area contributed by atoms with Gasteiger partial charge in [-0.2, -0.15) is 0 Å². The van der Waals surface area contributed by atoms with Crippen LogP contribution in [0.1, 0.15) is 18.4 Å². The number of benzene rings is 1. The van der Waals surface area contributed by atoms with Crippen molar-refractivity contribution in [3.8, 4) is 0 Å². The van der Waals surface area contributed by atoms with E-state index in [0.717, 1.165) is 37.2 Å². The minimum Gasteiger partial charge on any atom is -0.349 e. The van der Waals surface area contributed by atoms with E-state index in [4.69, 9.17) is 0 Å². The van der Waals surface area contributed by atoms with Gasteiger partial charge in [0, 0.05) is 26.3 Å². The molecule has 114 valence electrons. The van der Waals surface area contributed by atoms with Gasteiger partial charge in [0.15, 0.2) is 0 Å². The highest BCUT2D eigenvalue weighted by Gasteiger charge is 2.20. The number of anilines is 1. The highest BCUT2D eigenvalue weighted by Crippen LogP contribution is 2.15. The lowest BCUT2D eigenvalue weighted by Gasteiger charge is -2.21. The van der Waals surface area contributed by atoms with Gasteiger partial charge >= 0.3 is 0 Å². The van der Waals surface area contributed by atoms with Crippen molar-refractivity contribution < 1.29 is 9.59 Å². The molecule has 1 aromatic carbocycles. The van der Waals surface area contributed by atoms with Gasteiger partial charge in [0.1, 0.15) is 0 Å². The van der Waals surface area contributed by atoms with E-state index in [1.54, 1.807) is 19.0 Å². The van der Waals surface area contributed by atoms with Gasteiger partial charge in [-0.05, 0) is 37.1 Å². The second-order valence-electron chi connectivity index (χ2n) is 5.69. The molecular weight excluding hydrogens is 266 g/mol. The number of carbonyl (C=O) groups is 2. The second-order valence-corrected chi connectivity index (χ2v) is 5.69. The van der Waals surface area contributed by atoms with Gasteiger partial charge in [-0.25, -0.2) is 0 Å². The van der Waals surface area contributed by atoms with E-state index in [-0.39, 0.29) is 17.7 Å². The summed E-state index contributed by atoms with van der Waals surface area (Å²) in [5, 5.41) is 6.18. The molecule has 0 saturated carbocycles. The first-order chi connectivity index (χ1) is 10.1. The number of nitrogens with zero attached hydrogens (tertiary/aromatic N) is 1. The number of amides is 2. The summed E-state index contributed by atoms with van der Waals surface area (Å²) in [6.45, 7) is 1.75. The standard InChI is InChI=1S/C16H23N3O2/c1-19(2)15(20)10-12-5-7-14(8-6-12)18-16(21)13-4-3-9-17-11-13/h5-8,13,17H,3-4,9-11H2,1-2H3,(H,18,21)/t13-/m0/s1. The van der Waals surface area contributed by atoms with Crippen LogP contribution in [0.2, 0.25) is 0 Å². The van der Waals surface area contributed by atoms with Gasteiger partial charge in [-0.3, -0.25) is 9.59 Å². The summed E-state index contributed by atoms with van der Waals surface area (Å²) in [5.41, 5.74) is 1.73. The van der Waals surface area contributed by atoms with Gasteiger partial charge in [0.2, 0.25) is 11.8 Å². The monoisotopic (exact) mass is 289 g/mol. The molecule has 2 rings (SSSR count). The predicted octanol–water partition coefficient (Wildman–Crippen LogP) is 1.26. The molecule has 2 N–H and O–H groups in total. The number of hydrogen-bond acceptors (Lipinski definition) is 3. The van der Waals surface area contributed by atoms with Crippen LogP contribution in [0.25, 0.3) is 0 Å². The molecule has 0 spiro atoms. The van der Waals surface area contributed by atoms with E-state index < -0.39 is 0 Å². The van der Waals surface area contributed by atoms with Crippen LogP contribution in [-0.2, 0) is 16.0 Å². The molecular formula is C16H23N3O2. The Morgan fingerprint density at radius 1 is 1.29 bits per heavy atom. The van der Waals surface area contributed by atoms with E-state index in [1.807, 2.05) is 24.3 Å². The van der Waals surface area contributed by atoms with E-state index >= 15 is 0 Å². The van der Waals surface area contributed by atoms with Crippen LogP contribution in [0, 0.1) is 5.92 Å². The van der Waals surface area contributed by atoms with E-state index in [9.17, 15) is 9.59 Å². The molecule has 0 radical (unpaired) electrons. The number of hydrogen-bond donors (Lipinski definition) is 2. The van der Waals surface area contributed by atoms with E-state index in [1.165, 1.54) is 0 Å². The Labute approximate surface area is 125 Å². The Balaban J connectivity index is 1.89. The van der Waals surface area contributed by atoms with Crippen molar-refractivity contribution in [2.75, 3.05) is 32.5 Å². The molecule has 1 aromatic rings. The molecule has 5 heteroatoms. The van der Waals surface area contributed by atoms with Crippen molar-refractivity contribution >= 4 is 17.5 Å². The van der Waals surface area contributed by atoms with Gasteiger partial charge in [-0.15, -0.1) is 0 Å². The fraction of sp³-hybridized carbons (Fsp3) is 0.500. The second kappa shape index (κ2) is 7.22. The molecule has 1 saturated heterocycles. The van der Waals surface area contributed by atoms with Crippen molar-refractivity contribution in [2.45, 2.75) is 19.3 Å². The highest BCUT2D eigenvalue weighted by atomic mass is 16.2. The summed E-state index contributed by atoms with van der Waals surface area (Å²) in [6, 6.07) is 7.48. The number of carbonyl (C=O) groups excluding carboxylic acids is 2. The number of nitrogens with one attached hydrogen (secondary N) is 2.